The molecule has 0 radical (unpaired) electrons. The molecule has 0 spiro atoms. The lowest BCUT2D eigenvalue weighted by Crippen LogP contribution is -2.52. The quantitative estimate of drug-likeness (QED) is 0.438. The minimum atomic E-state index is -0.722. The fourth-order valence-electron chi connectivity index (χ4n) is 2.87. The van der Waals surface area contributed by atoms with E-state index in [1.54, 1.807) is 7.05 Å². The zero-order valence-electron chi connectivity index (χ0n) is 12.4. The summed E-state index contributed by atoms with van der Waals surface area (Å²) in [4.78, 5) is 37.1. The summed E-state index contributed by atoms with van der Waals surface area (Å²) >= 11 is 0. The van der Waals surface area contributed by atoms with E-state index in [4.69, 9.17) is 0 Å². The molecule has 7 heteroatoms. The third-order valence-electron chi connectivity index (χ3n) is 3.94. The number of hydrogen-bond acceptors (Lipinski definition) is 4. The van der Waals surface area contributed by atoms with Gasteiger partial charge in [-0.2, -0.15) is 0 Å². The first-order valence-electron chi connectivity index (χ1n) is 7.16. The van der Waals surface area contributed by atoms with Crippen molar-refractivity contribution in [2.45, 2.75) is 25.4 Å². The van der Waals surface area contributed by atoms with Crippen molar-refractivity contribution < 1.29 is 18.8 Å². The van der Waals surface area contributed by atoms with Gasteiger partial charge in [0.15, 0.2) is 0 Å². The van der Waals surface area contributed by atoms with Crippen LogP contribution in [0.4, 0.5) is 4.39 Å². The second-order valence-corrected chi connectivity index (χ2v) is 5.38. The summed E-state index contributed by atoms with van der Waals surface area (Å²) in [5.74, 6) is 0.955. The van der Waals surface area contributed by atoms with Crippen molar-refractivity contribution in [2.24, 2.45) is 0 Å². The third kappa shape index (κ3) is 2.63. The second kappa shape index (κ2) is 5.72. The van der Waals surface area contributed by atoms with Crippen LogP contribution < -0.4 is 10.6 Å². The molecule has 3 amide bonds. The van der Waals surface area contributed by atoms with Gasteiger partial charge >= 0.3 is 0 Å². The standard InChI is InChI=1S/C16H14FN3O3/c1-18-5-4-9-6-10(17)7-11-12(9)8-20(16(11)23)13-2-3-14(21)19-15(13)22/h6-7,13,18H,2-3,8H2,1H3,(H,19,21,22). The highest BCUT2D eigenvalue weighted by atomic mass is 19.1. The molecule has 6 nitrogen and oxygen atoms in total. The normalized spacial score (nSPS) is 19.8. The maximum atomic E-state index is 13.7. The Morgan fingerprint density at radius 1 is 1.35 bits per heavy atom. The molecule has 1 saturated heterocycles. The number of carbonyl (C=O) groups excluding carboxylic acids is 3. The van der Waals surface area contributed by atoms with Gasteiger partial charge in [-0.15, -0.1) is 0 Å². The molecule has 1 aromatic carbocycles. The summed E-state index contributed by atoms with van der Waals surface area (Å²) in [6.07, 6.45) is 0.446. The van der Waals surface area contributed by atoms with Gasteiger partial charge in [-0.3, -0.25) is 19.7 Å². The van der Waals surface area contributed by atoms with E-state index < -0.39 is 23.7 Å². The minimum Gasteiger partial charge on any atom is -0.349 e. The molecule has 2 aliphatic rings. The Bertz CT molecular complexity index is 779. The molecule has 23 heavy (non-hydrogen) atoms. The topological polar surface area (TPSA) is 78.5 Å². The van der Waals surface area contributed by atoms with Crippen molar-refractivity contribution in [1.82, 2.24) is 15.5 Å². The van der Waals surface area contributed by atoms with Crippen LogP contribution in [0.5, 0.6) is 0 Å². The first-order valence-corrected chi connectivity index (χ1v) is 7.16. The maximum Gasteiger partial charge on any atom is 0.255 e. The van der Waals surface area contributed by atoms with Crippen molar-refractivity contribution >= 4 is 17.7 Å². The number of imide groups is 1. The van der Waals surface area contributed by atoms with Gasteiger partial charge in [0.1, 0.15) is 11.9 Å². The van der Waals surface area contributed by atoms with Crippen LogP contribution in [0.2, 0.25) is 0 Å². The number of piperidine rings is 1. The Labute approximate surface area is 132 Å². The zero-order chi connectivity index (χ0) is 16.6. The van der Waals surface area contributed by atoms with Crippen molar-refractivity contribution in [3.05, 3.63) is 34.6 Å². The third-order valence-corrected chi connectivity index (χ3v) is 3.94. The molecular weight excluding hydrogens is 301 g/mol. The van der Waals surface area contributed by atoms with Gasteiger partial charge in [-0.25, -0.2) is 4.39 Å². The predicted octanol–water partition coefficient (Wildman–Crippen LogP) is 0.115. The van der Waals surface area contributed by atoms with Gasteiger partial charge in [0, 0.05) is 42.7 Å². The number of nitrogens with one attached hydrogen (secondary N) is 2. The minimum absolute atomic E-state index is 0.175. The highest BCUT2D eigenvalue weighted by molar-refractivity contribution is 6.05. The number of hydrogen-bond donors (Lipinski definition) is 2. The molecule has 1 aromatic rings. The van der Waals surface area contributed by atoms with Gasteiger partial charge in [-0.05, 0) is 24.5 Å². The van der Waals surface area contributed by atoms with E-state index in [1.165, 1.54) is 11.0 Å². The molecule has 0 bridgehead atoms. The smallest absolute Gasteiger partial charge is 0.255 e. The molecule has 1 atom stereocenters. The summed E-state index contributed by atoms with van der Waals surface area (Å²) in [5, 5.41) is 4.87. The van der Waals surface area contributed by atoms with Crippen LogP contribution in [-0.4, -0.2) is 35.7 Å². The van der Waals surface area contributed by atoms with Crippen LogP contribution in [-0.2, 0) is 16.1 Å². The fraction of sp³-hybridized carbons (Fsp3) is 0.312. The summed E-state index contributed by atoms with van der Waals surface area (Å²) in [7, 11) is 1.63. The van der Waals surface area contributed by atoms with E-state index in [9.17, 15) is 18.8 Å². The number of halogens is 1. The number of carbonyl (C=O) groups is 3. The van der Waals surface area contributed by atoms with Crippen LogP contribution in [0.15, 0.2) is 12.1 Å². The predicted molar refractivity (Wildman–Crippen MR) is 78.4 cm³/mol. The van der Waals surface area contributed by atoms with Crippen molar-refractivity contribution in [1.29, 1.82) is 0 Å². The molecule has 0 aliphatic carbocycles. The van der Waals surface area contributed by atoms with Gasteiger partial charge < -0.3 is 10.2 Å². The van der Waals surface area contributed by atoms with Crippen LogP contribution in [0.1, 0.15) is 34.3 Å². The van der Waals surface area contributed by atoms with Gasteiger partial charge in [0.25, 0.3) is 5.91 Å². The largest absolute Gasteiger partial charge is 0.349 e. The van der Waals surface area contributed by atoms with Crippen molar-refractivity contribution in [3.8, 4) is 12.0 Å². The molecule has 1 unspecified atom stereocenters. The first kappa shape index (κ1) is 15.0. The number of nitrogens with zero attached hydrogens (tertiary/aromatic N) is 1. The van der Waals surface area contributed by atoms with Gasteiger partial charge in [-0.1, -0.05) is 0 Å². The van der Waals surface area contributed by atoms with Crippen LogP contribution in [0, 0.1) is 17.8 Å². The van der Waals surface area contributed by atoms with Crippen LogP contribution >= 0.6 is 0 Å². The van der Waals surface area contributed by atoms with Crippen LogP contribution in [0.3, 0.4) is 0 Å². The Hall–Kier alpha value is -2.88. The van der Waals surface area contributed by atoms with E-state index in [1.807, 2.05) is 0 Å². The average Bonchev–Trinajstić information content (AvgIpc) is 2.82. The average molecular weight is 315 g/mol. The highest BCUT2D eigenvalue weighted by Crippen LogP contribution is 2.30. The van der Waals surface area contributed by atoms with E-state index in [0.717, 1.165) is 6.07 Å². The lowest BCUT2D eigenvalue weighted by Gasteiger charge is -2.29. The van der Waals surface area contributed by atoms with Crippen molar-refractivity contribution in [2.75, 3.05) is 7.05 Å². The summed E-state index contributed by atoms with van der Waals surface area (Å²) in [6.45, 7) is 0.175. The number of fused-ring (bicyclic) bond motifs is 1. The summed E-state index contributed by atoms with van der Waals surface area (Å²) in [5.41, 5.74) is 1.23. The van der Waals surface area contributed by atoms with Crippen LogP contribution in [0.25, 0.3) is 0 Å². The molecule has 2 N–H and O–H groups in total. The van der Waals surface area contributed by atoms with Gasteiger partial charge in [0.05, 0.1) is 0 Å². The van der Waals surface area contributed by atoms with Gasteiger partial charge in [0.2, 0.25) is 11.8 Å². The number of rotatable bonds is 1. The molecule has 2 aliphatic heterocycles. The Morgan fingerprint density at radius 3 is 2.83 bits per heavy atom. The lowest BCUT2D eigenvalue weighted by atomic mass is 10.0. The highest BCUT2D eigenvalue weighted by Gasteiger charge is 2.40. The summed E-state index contributed by atoms with van der Waals surface area (Å²) in [6, 6.07) is 4.33. The van der Waals surface area contributed by atoms with E-state index in [2.05, 4.69) is 22.6 Å². The first-order chi connectivity index (χ1) is 11.0. The Kier molecular flexibility index (Phi) is 3.74. The number of benzene rings is 1. The maximum absolute atomic E-state index is 13.7. The zero-order valence-corrected chi connectivity index (χ0v) is 12.4. The number of amides is 3. The molecular formula is C16H14FN3O3. The fourth-order valence-corrected chi connectivity index (χ4v) is 2.87. The molecule has 0 aromatic heterocycles. The molecule has 2 heterocycles. The SMILES string of the molecule is CNC#Cc1cc(F)cc2c1CN(C1CCC(=O)NC1=O)C2=O. The van der Waals surface area contributed by atoms with Crippen molar-refractivity contribution in [3.63, 3.8) is 0 Å². The molecule has 1 fully saturated rings. The monoisotopic (exact) mass is 315 g/mol. The molecule has 118 valence electrons. The molecule has 0 saturated carbocycles. The lowest BCUT2D eigenvalue weighted by molar-refractivity contribution is -0.136. The summed E-state index contributed by atoms with van der Waals surface area (Å²) < 4.78 is 13.7. The Morgan fingerprint density at radius 2 is 2.13 bits per heavy atom. The van der Waals surface area contributed by atoms with E-state index in [0.29, 0.717) is 11.1 Å². The molecule has 3 rings (SSSR count). The second-order valence-electron chi connectivity index (χ2n) is 5.38. The van der Waals surface area contributed by atoms with E-state index in [-0.39, 0.29) is 30.9 Å². The van der Waals surface area contributed by atoms with E-state index >= 15 is 0 Å². The Balaban J connectivity index is 1.95.